The second-order valence-electron chi connectivity index (χ2n) is 10.0. The lowest BCUT2D eigenvalue weighted by Gasteiger charge is -2.36. The van der Waals surface area contributed by atoms with Crippen molar-refractivity contribution in [2.45, 2.75) is 53.5 Å². The first-order valence-electron chi connectivity index (χ1n) is 14.2. The highest BCUT2D eigenvalue weighted by atomic mass is 16.5. The zero-order valence-corrected chi connectivity index (χ0v) is 23.5. The Hall–Kier alpha value is -3.32. The molecule has 1 saturated heterocycles. The van der Waals surface area contributed by atoms with Gasteiger partial charge in [0.25, 0.3) is 5.91 Å². The molecule has 1 aliphatic heterocycles. The lowest BCUT2D eigenvalue weighted by molar-refractivity contribution is 0.0743. The molecule has 0 spiro atoms. The second-order valence-corrected chi connectivity index (χ2v) is 10.0. The van der Waals surface area contributed by atoms with E-state index in [1.165, 1.54) is 0 Å². The molecule has 1 aromatic heterocycles. The summed E-state index contributed by atoms with van der Waals surface area (Å²) >= 11 is 0. The Morgan fingerprint density at radius 2 is 1.66 bits per heavy atom. The fourth-order valence-corrected chi connectivity index (χ4v) is 5.01. The molecule has 0 aliphatic carbocycles. The number of piperazine rings is 1. The lowest BCUT2D eigenvalue weighted by Crippen LogP contribution is -2.47. The molecule has 1 amide bonds. The van der Waals surface area contributed by atoms with E-state index in [1.54, 1.807) is 0 Å². The number of unbranched alkanes of at least 4 members (excludes halogenated alkanes) is 1. The van der Waals surface area contributed by atoms with Gasteiger partial charge in [-0.05, 0) is 62.7 Å². The largest absolute Gasteiger partial charge is 0.494 e. The van der Waals surface area contributed by atoms with Crippen LogP contribution in [0.3, 0.4) is 0 Å². The van der Waals surface area contributed by atoms with Crippen molar-refractivity contribution in [2.75, 3.05) is 50.8 Å². The molecule has 2 heterocycles. The van der Waals surface area contributed by atoms with Crippen LogP contribution in [0, 0.1) is 6.92 Å². The molecule has 2 aromatic carbocycles. The monoisotopic (exact) mass is 517 g/mol. The topological polar surface area (TPSA) is 53.8 Å². The first-order chi connectivity index (χ1) is 18.5. The van der Waals surface area contributed by atoms with Crippen LogP contribution in [-0.4, -0.2) is 71.4 Å². The number of likely N-dealkylation sites (N-methyl/N-ethyl adjacent to an activating group) is 1. The highest BCUT2D eigenvalue weighted by Gasteiger charge is 2.27. The minimum atomic E-state index is 0.0422. The molecular formula is C31H43N5O2. The number of benzene rings is 2. The smallest absolute Gasteiger partial charge is 0.254 e. The van der Waals surface area contributed by atoms with Gasteiger partial charge in [0, 0.05) is 43.9 Å². The van der Waals surface area contributed by atoms with Crippen LogP contribution < -0.4 is 9.64 Å². The van der Waals surface area contributed by atoms with Gasteiger partial charge >= 0.3 is 0 Å². The van der Waals surface area contributed by atoms with Crippen LogP contribution in [-0.2, 0) is 6.54 Å². The fraction of sp³-hybridized carbons (Fsp3) is 0.484. The Morgan fingerprint density at radius 3 is 2.29 bits per heavy atom. The number of hydrogen-bond acceptors (Lipinski definition) is 5. The Kier molecular flexibility index (Phi) is 9.82. The van der Waals surface area contributed by atoms with Crippen molar-refractivity contribution < 1.29 is 9.53 Å². The van der Waals surface area contributed by atoms with Gasteiger partial charge in [-0.1, -0.05) is 45.4 Å². The van der Waals surface area contributed by atoms with Gasteiger partial charge in [-0.15, -0.1) is 0 Å². The number of aromatic nitrogens is 2. The lowest BCUT2D eigenvalue weighted by atomic mass is 10.1. The van der Waals surface area contributed by atoms with Gasteiger partial charge in [-0.2, -0.15) is 5.10 Å². The maximum atomic E-state index is 13.7. The van der Waals surface area contributed by atoms with Gasteiger partial charge in [0.1, 0.15) is 11.6 Å². The van der Waals surface area contributed by atoms with Gasteiger partial charge in [0.05, 0.1) is 24.5 Å². The Labute approximate surface area is 228 Å². The summed E-state index contributed by atoms with van der Waals surface area (Å²) in [5.74, 6) is 1.96. The molecule has 1 fully saturated rings. The number of ether oxygens (including phenoxy) is 1. The van der Waals surface area contributed by atoms with Crippen LogP contribution in [0.5, 0.6) is 5.75 Å². The molecule has 0 atom stereocenters. The van der Waals surface area contributed by atoms with Crippen LogP contribution in [0.15, 0.2) is 54.6 Å². The van der Waals surface area contributed by atoms with E-state index in [4.69, 9.17) is 9.84 Å². The van der Waals surface area contributed by atoms with E-state index in [1.807, 2.05) is 47.4 Å². The number of aryl methyl sites for hydroxylation is 1. The molecule has 0 saturated carbocycles. The zero-order valence-electron chi connectivity index (χ0n) is 23.5. The summed E-state index contributed by atoms with van der Waals surface area (Å²) in [5, 5.41) is 4.99. The van der Waals surface area contributed by atoms with Crippen molar-refractivity contribution in [3.05, 3.63) is 71.4 Å². The summed E-state index contributed by atoms with van der Waals surface area (Å²) in [6.45, 7) is 15.5. The molecule has 0 N–H and O–H groups in total. The molecule has 38 heavy (non-hydrogen) atoms. The van der Waals surface area contributed by atoms with Crippen molar-refractivity contribution in [3.63, 3.8) is 0 Å². The van der Waals surface area contributed by atoms with Crippen molar-refractivity contribution in [1.29, 1.82) is 0 Å². The predicted octanol–water partition coefficient (Wildman–Crippen LogP) is 5.55. The van der Waals surface area contributed by atoms with Gasteiger partial charge < -0.3 is 19.4 Å². The summed E-state index contributed by atoms with van der Waals surface area (Å²) in [4.78, 5) is 20.6. The minimum absolute atomic E-state index is 0.0422. The molecule has 0 radical (unpaired) electrons. The predicted molar refractivity (Wildman–Crippen MR) is 155 cm³/mol. The number of rotatable bonds is 12. The first kappa shape index (κ1) is 27.7. The van der Waals surface area contributed by atoms with Crippen molar-refractivity contribution in [2.24, 2.45) is 0 Å². The van der Waals surface area contributed by atoms with Crippen molar-refractivity contribution in [1.82, 2.24) is 19.6 Å². The number of hydrogen-bond donors (Lipinski definition) is 0. The molecule has 0 unspecified atom stereocenters. The number of para-hydroxylation sites is 1. The molecule has 0 bridgehead atoms. The van der Waals surface area contributed by atoms with Crippen LogP contribution >= 0.6 is 0 Å². The highest BCUT2D eigenvalue weighted by molar-refractivity contribution is 5.94. The van der Waals surface area contributed by atoms with E-state index in [-0.39, 0.29) is 5.91 Å². The standard InChI is InChI=1S/C31H43N5O2/c1-5-8-23-38-28-16-14-26(15-17-28)31(37)35(18-6-2)24-29-25(4)32-36(27-12-10-9-11-13-27)30(29)34-21-19-33(7-3)20-22-34/h9-17H,5-8,18-24H2,1-4H3. The van der Waals surface area contributed by atoms with Gasteiger partial charge in [0.2, 0.25) is 0 Å². The minimum Gasteiger partial charge on any atom is -0.494 e. The van der Waals surface area contributed by atoms with E-state index in [0.29, 0.717) is 25.3 Å². The Bertz CT molecular complexity index is 1150. The Balaban J connectivity index is 1.62. The number of carbonyl (C=O) groups excluding carboxylic acids is 1. The maximum Gasteiger partial charge on any atom is 0.254 e. The van der Waals surface area contributed by atoms with E-state index < -0.39 is 0 Å². The van der Waals surface area contributed by atoms with Crippen LogP contribution in [0.1, 0.15) is 61.6 Å². The Morgan fingerprint density at radius 1 is 0.947 bits per heavy atom. The fourth-order valence-electron chi connectivity index (χ4n) is 5.01. The SMILES string of the molecule is CCCCOc1ccc(C(=O)N(CCC)Cc2c(C)nn(-c3ccccc3)c2N2CCN(CC)CC2)cc1. The zero-order chi connectivity index (χ0) is 26.9. The van der Waals surface area contributed by atoms with E-state index in [9.17, 15) is 4.79 Å². The van der Waals surface area contributed by atoms with Crippen molar-refractivity contribution in [3.8, 4) is 11.4 Å². The summed E-state index contributed by atoms with van der Waals surface area (Å²) in [6.07, 6.45) is 3.01. The second kappa shape index (κ2) is 13.5. The van der Waals surface area contributed by atoms with E-state index in [0.717, 1.165) is 80.5 Å². The summed E-state index contributed by atoms with van der Waals surface area (Å²) in [5.41, 5.74) is 3.82. The third-order valence-corrected chi connectivity index (χ3v) is 7.27. The molecular weight excluding hydrogens is 474 g/mol. The molecule has 7 nitrogen and oxygen atoms in total. The number of anilines is 1. The third kappa shape index (κ3) is 6.57. The summed E-state index contributed by atoms with van der Waals surface area (Å²) in [7, 11) is 0. The molecule has 1 aliphatic rings. The van der Waals surface area contributed by atoms with Gasteiger partial charge in [0.15, 0.2) is 0 Å². The summed E-state index contributed by atoms with van der Waals surface area (Å²) < 4.78 is 7.87. The average molecular weight is 518 g/mol. The quantitative estimate of drug-likeness (QED) is 0.295. The van der Waals surface area contributed by atoms with Crippen LogP contribution in [0.4, 0.5) is 5.82 Å². The van der Waals surface area contributed by atoms with E-state index >= 15 is 0 Å². The first-order valence-corrected chi connectivity index (χ1v) is 14.2. The van der Waals surface area contributed by atoms with Crippen LogP contribution in [0.2, 0.25) is 0 Å². The van der Waals surface area contributed by atoms with Gasteiger partial charge in [-0.25, -0.2) is 4.68 Å². The number of carbonyl (C=O) groups is 1. The normalized spacial score (nSPS) is 14.1. The number of amides is 1. The van der Waals surface area contributed by atoms with Gasteiger partial charge in [-0.3, -0.25) is 4.79 Å². The van der Waals surface area contributed by atoms with Crippen LogP contribution in [0.25, 0.3) is 5.69 Å². The maximum absolute atomic E-state index is 13.7. The van der Waals surface area contributed by atoms with E-state index in [2.05, 4.69) is 54.3 Å². The highest BCUT2D eigenvalue weighted by Crippen LogP contribution is 2.30. The molecule has 204 valence electrons. The van der Waals surface area contributed by atoms with Crippen molar-refractivity contribution >= 4 is 11.7 Å². The average Bonchev–Trinajstić information content (AvgIpc) is 3.29. The molecule has 4 rings (SSSR count). The summed E-state index contributed by atoms with van der Waals surface area (Å²) in [6, 6.07) is 17.9. The molecule has 3 aromatic rings. The third-order valence-electron chi connectivity index (χ3n) is 7.27. The number of nitrogens with zero attached hydrogens (tertiary/aromatic N) is 5. The molecule has 7 heteroatoms.